The molecular weight excluding hydrogens is 464 g/mol. The highest BCUT2D eigenvalue weighted by atomic mass is 16.3. The van der Waals surface area contributed by atoms with E-state index in [1.54, 1.807) is 12.1 Å². The molecule has 0 radical (unpaired) electrons. The van der Waals surface area contributed by atoms with Gasteiger partial charge in [-0.15, -0.1) is 0 Å². The zero-order valence-electron chi connectivity index (χ0n) is 20.7. The van der Waals surface area contributed by atoms with Crippen LogP contribution in [0.1, 0.15) is 11.1 Å². The van der Waals surface area contributed by atoms with Gasteiger partial charge in [0.1, 0.15) is 5.75 Å². The summed E-state index contributed by atoms with van der Waals surface area (Å²) in [5.74, 6) is 0.991. The molecule has 1 heterocycles. The molecule has 1 N–H and O–H groups in total. The molecule has 3 heteroatoms. The van der Waals surface area contributed by atoms with Gasteiger partial charge in [0, 0.05) is 16.7 Å². The van der Waals surface area contributed by atoms with E-state index in [0.29, 0.717) is 0 Å². The Morgan fingerprint density at radius 1 is 0.474 bits per heavy atom. The Balaban J connectivity index is 1.42. The number of nitrogens with zero attached hydrogens (tertiary/aromatic N) is 2. The van der Waals surface area contributed by atoms with Crippen LogP contribution < -0.4 is 0 Å². The lowest BCUT2D eigenvalue weighted by atomic mass is 9.94. The van der Waals surface area contributed by atoms with Gasteiger partial charge >= 0.3 is 0 Å². The number of hydrogen-bond acceptors (Lipinski definition) is 3. The molecular formula is C35H24N2O. The molecule has 1 aliphatic rings. The van der Waals surface area contributed by atoms with Gasteiger partial charge in [-0.3, -0.25) is 0 Å². The first kappa shape index (κ1) is 22.2. The normalized spacial score (nSPS) is 11.7. The van der Waals surface area contributed by atoms with Crippen LogP contribution in [-0.4, -0.2) is 15.1 Å². The van der Waals surface area contributed by atoms with Crippen LogP contribution in [0, 0.1) is 0 Å². The summed E-state index contributed by atoms with van der Waals surface area (Å²) >= 11 is 0. The molecule has 0 amide bonds. The van der Waals surface area contributed by atoms with Gasteiger partial charge in [-0.05, 0) is 64.1 Å². The summed E-state index contributed by atoms with van der Waals surface area (Å²) in [6, 6.07) is 43.2. The standard InChI is InChI=1S/C35H24N2O/c38-29-18-16-23(17-19-29)26-14-15-27-20-28-12-7-13-30(34(28)31(27)21-26)33-22-32(24-8-3-1-4-9-24)36-35(37-33)25-10-5-2-6-11-25/h1-19,21-22,38H,20H2. The fourth-order valence-corrected chi connectivity index (χ4v) is 5.34. The molecule has 0 unspecified atom stereocenters. The van der Waals surface area contributed by atoms with E-state index in [9.17, 15) is 5.11 Å². The first-order valence-electron chi connectivity index (χ1n) is 12.8. The van der Waals surface area contributed by atoms with E-state index in [4.69, 9.17) is 9.97 Å². The van der Waals surface area contributed by atoms with Crippen molar-refractivity contribution in [3.8, 4) is 61.9 Å². The van der Waals surface area contributed by atoms with Crippen LogP contribution >= 0.6 is 0 Å². The maximum Gasteiger partial charge on any atom is 0.160 e. The molecule has 0 saturated heterocycles. The molecule has 3 nitrogen and oxygen atoms in total. The van der Waals surface area contributed by atoms with Crippen LogP contribution in [0.2, 0.25) is 0 Å². The third-order valence-corrected chi connectivity index (χ3v) is 7.22. The molecule has 5 aromatic carbocycles. The van der Waals surface area contributed by atoms with E-state index in [0.717, 1.165) is 51.5 Å². The van der Waals surface area contributed by atoms with Crippen LogP contribution in [0.4, 0.5) is 0 Å². The molecule has 6 aromatic rings. The lowest BCUT2D eigenvalue weighted by molar-refractivity contribution is 0.475. The Hall–Kier alpha value is -5.02. The van der Waals surface area contributed by atoms with Gasteiger partial charge < -0.3 is 5.11 Å². The summed E-state index contributed by atoms with van der Waals surface area (Å²) in [4.78, 5) is 10.1. The van der Waals surface area contributed by atoms with Gasteiger partial charge in [0.2, 0.25) is 0 Å². The Bertz CT molecular complexity index is 1720. The maximum absolute atomic E-state index is 9.75. The second-order valence-corrected chi connectivity index (χ2v) is 9.63. The number of benzene rings is 5. The van der Waals surface area contributed by atoms with Crippen LogP contribution in [0.3, 0.4) is 0 Å². The lowest BCUT2D eigenvalue weighted by Gasteiger charge is -2.13. The number of rotatable bonds is 4. The average Bonchev–Trinajstić information content (AvgIpc) is 3.36. The van der Waals surface area contributed by atoms with Crippen LogP contribution in [0.25, 0.3) is 56.2 Å². The van der Waals surface area contributed by atoms with Gasteiger partial charge in [-0.25, -0.2) is 9.97 Å². The summed E-state index contributed by atoms with van der Waals surface area (Å²) in [5, 5.41) is 9.75. The molecule has 7 rings (SSSR count). The van der Waals surface area contributed by atoms with Crippen LogP contribution in [0.15, 0.2) is 127 Å². The molecule has 180 valence electrons. The van der Waals surface area contributed by atoms with E-state index in [1.807, 2.05) is 48.5 Å². The summed E-state index contributed by atoms with van der Waals surface area (Å²) in [5.41, 5.74) is 12.3. The van der Waals surface area contributed by atoms with Crippen molar-refractivity contribution in [1.82, 2.24) is 9.97 Å². The zero-order valence-corrected chi connectivity index (χ0v) is 20.7. The molecule has 0 fully saturated rings. The fourth-order valence-electron chi connectivity index (χ4n) is 5.34. The maximum atomic E-state index is 9.75. The second-order valence-electron chi connectivity index (χ2n) is 9.63. The quantitative estimate of drug-likeness (QED) is 0.270. The number of aromatic nitrogens is 2. The predicted molar refractivity (Wildman–Crippen MR) is 154 cm³/mol. The van der Waals surface area contributed by atoms with E-state index < -0.39 is 0 Å². The van der Waals surface area contributed by atoms with Crippen molar-refractivity contribution in [2.75, 3.05) is 0 Å². The van der Waals surface area contributed by atoms with Crippen LogP contribution in [-0.2, 0) is 6.42 Å². The van der Waals surface area contributed by atoms with Crippen molar-refractivity contribution < 1.29 is 5.11 Å². The fraction of sp³-hybridized carbons (Fsp3) is 0.0286. The van der Waals surface area contributed by atoms with Crippen molar-refractivity contribution in [1.29, 1.82) is 0 Å². The third kappa shape index (κ3) is 3.95. The molecule has 0 spiro atoms. The third-order valence-electron chi connectivity index (χ3n) is 7.22. The molecule has 0 atom stereocenters. The zero-order chi connectivity index (χ0) is 25.5. The molecule has 0 saturated carbocycles. The predicted octanol–water partition coefficient (Wildman–Crippen LogP) is 8.42. The van der Waals surface area contributed by atoms with Crippen molar-refractivity contribution in [2.24, 2.45) is 0 Å². The molecule has 1 aromatic heterocycles. The molecule has 1 aliphatic carbocycles. The van der Waals surface area contributed by atoms with Crippen molar-refractivity contribution in [3.63, 3.8) is 0 Å². The topological polar surface area (TPSA) is 46.0 Å². The molecule has 0 bridgehead atoms. The van der Waals surface area contributed by atoms with E-state index >= 15 is 0 Å². The number of fused-ring (bicyclic) bond motifs is 3. The van der Waals surface area contributed by atoms with E-state index in [2.05, 4.69) is 66.7 Å². The van der Waals surface area contributed by atoms with Crippen molar-refractivity contribution in [3.05, 3.63) is 139 Å². The summed E-state index contributed by atoms with van der Waals surface area (Å²) < 4.78 is 0. The highest BCUT2D eigenvalue weighted by Gasteiger charge is 2.24. The second kappa shape index (κ2) is 9.13. The summed E-state index contributed by atoms with van der Waals surface area (Å²) in [6.07, 6.45) is 0.899. The number of phenols is 1. The Morgan fingerprint density at radius 2 is 1.16 bits per heavy atom. The van der Waals surface area contributed by atoms with Crippen molar-refractivity contribution >= 4 is 0 Å². The first-order valence-corrected chi connectivity index (χ1v) is 12.8. The number of phenolic OH excluding ortho intramolecular Hbond substituents is 1. The highest BCUT2D eigenvalue weighted by Crippen LogP contribution is 2.44. The number of hydrogen-bond donors (Lipinski definition) is 1. The molecule has 38 heavy (non-hydrogen) atoms. The Labute approximate surface area is 221 Å². The molecule has 0 aliphatic heterocycles. The number of aromatic hydroxyl groups is 1. The van der Waals surface area contributed by atoms with E-state index in [-0.39, 0.29) is 5.75 Å². The first-order chi connectivity index (χ1) is 18.7. The Morgan fingerprint density at radius 3 is 1.92 bits per heavy atom. The van der Waals surface area contributed by atoms with Gasteiger partial charge in [-0.1, -0.05) is 103 Å². The van der Waals surface area contributed by atoms with Gasteiger partial charge in [0.05, 0.1) is 11.4 Å². The summed E-state index contributed by atoms with van der Waals surface area (Å²) in [6.45, 7) is 0. The minimum absolute atomic E-state index is 0.273. The van der Waals surface area contributed by atoms with Crippen LogP contribution in [0.5, 0.6) is 5.75 Å². The minimum Gasteiger partial charge on any atom is -0.508 e. The smallest absolute Gasteiger partial charge is 0.160 e. The largest absolute Gasteiger partial charge is 0.508 e. The van der Waals surface area contributed by atoms with E-state index in [1.165, 1.54) is 22.3 Å². The summed E-state index contributed by atoms with van der Waals surface area (Å²) in [7, 11) is 0. The SMILES string of the molecule is Oc1ccc(-c2ccc3c(c2)-c2c(cccc2-c2cc(-c4ccccc4)nc(-c4ccccc4)n2)C3)cc1. The monoisotopic (exact) mass is 488 g/mol. The lowest BCUT2D eigenvalue weighted by Crippen LogP contribution is -1.97. The van der Waals surface area contributed by atoms with Gasteiger partial charge in [-0.2, -0.15) is 0 Å². The van der Waals surface area contributed by atoms with Gasteiger partial charge in [0.25, 0.3) is 0 Å². The van der Waals surface area contributed by atoms with Crippen molar-refractivity contribution in [2.45, 2.75) is 6.42 Å². The Kier molecular flexibility index (Phi) is 5.33. The highest BCUT2D eigenvalue weighted by molar-refractivity contribution is 5.92. The average molecular weight is 489 g/mol. The van der Waals surface area contributed by atoms with Gasteiger partial charge in [0.15, 0.2) is 5.82 Å². The minimum atomic E-state index is 0.273.